The molecule has 18 heavy (non-hydrogen) atoms. The van der Waals surface area contributed by atoms with E-state index in [0.29, 0.717) is 6.54 Å². The zero-order chi connectivity index (χ0) is 13.8. The van der Waals surface area contributed by atoms with Gasteiger partial charge in [0, 0.05) is 6.54 Å². The van der Waals surface area contributed by atoms with Crippen molar-refractivity contribution in [3.63, 3.8) is 0 Å². The maximum atomic E-state index is 11.5. The largest absolute Gasteiger partial charge is 0.459 e. The van der Waals surface area contributed by atoms with E-state index >= 15 is 0 Å². The first-order valence-electron chi connectivity index (χ1n) is 5.72. The molecule has 0 bridgehead atoms. The van der Waals surface area contributed by atoms with Crippen LogP contribution in [0.3, 0.4) is 0 Å². The van der Waals surface area contributed by atoms with Gasteiger partial charge in [-0.25, -0.2) is 4.68 Å². The summed E-state index contributed by atoms with van der Waals surface area (Å²) >= 11 is 0. The predicted octanol–water partition coefficient (Wildman–Crippen LogP) is 0.369. The van der Waals surface area contributed by atoms with Crippen LogP contribution in [0.2, 0.25) is 0 Å². The van der Waals surface area contributed by atoms with E-state index < -0.39 is 11.6 Å². The highest BCUT2D eigenvalue weighted by atomic mass is 16.6. The third-order valence-corrected chi connectivity index (χ3v) is 1.82. The van der Waals surface area contributed by atoms with Crippen molar-refractivity contribution in [1.82, 2.24) is 20.3 Å². The van der Waals surface area contributed by atoms with Crippen LogP contribution in [-0.2, 0) is 16.1 Å². The van der Waals surface area contributed by atoms with Crippen LogP contribution >= 0.6 is 0 Å². The molecule has 0 aliphatic rings. The lowest BCUT2D eigenvalue weighted by atomic mass is 10.2. The third-order valence-electron chi connectivity index (χ3n) is 1.82. The molecule has 7 heteroatoms. The summed E-state index contributed by atoms with van der Waals surface area (Å²) in [6.45, 7) is 7.61. The lowest BCUT2D eigenvalue weighted by Gasteiger charge is -2.19. The van der Waals surface area contributed by atoms with Gasteiger partial charge in [-0.05, 0) is 27.7 Å². The Kier molecular flexibility index (Phi) is 4.41. The molecule has 0 spiro atoms. The van der Waals surface area contributed by atoms with Gasteiger partial charge < -0.3 is 10.1 Å². The van der Waals surface area contributed by atoms with Gasteiger partial charge in [0.2, 0.25) is 0 Å². The van der Waals surface area contributed by atoms with Crippen LogP contribution < -0.4 is 5.32 Å². The lowest BCUT2D eigenvalue weighted by Crippen LogP contribution is -2.26. The first-order chi connectivity index (χ1) is 8.31. The molecule has 0 saturated carbocycles. The van der Waals surface area contributed by atoms with Crippen molar-refractivity contribution in [1.29, 1.82) is 0 Å². The van der Waals surface area contributed by atoms with Gasteiger partial charge in [0.05, 0.1) is 6.20 Å². The van der Waals surface area contributed by atoms with Crippen LogP contribution in [0.25, 0.3) is 0 Å². The highest BCUT2D eigenvalue weighted by Gasteiger charge is 2.17. The van der Waals surface area contributed by atoms with Crippen LogP contribution in [0.4, 0.5) is 0 Å². The smallest absolute Gasteiger partial charge is 0.328 e. The topological polar surface area (TPSA) is 86.1 Å². The minimum absolute atomic E-state index is 0.0658. The fraction of sp³-hybridized carbons (Fsp3) is 0.636. The molecule has 1 heterocycles. The second-order valence-electron chi connectivity index (χ2n) is 4.75. The first-order valence-corrected chi connectivity index (χ1v) is 5.72. The summed E-state index contributed by atoms with van der Waals surface area (Å²) in [6, 6.07) is 0. The quantitative estimate of drug-likeness (QED) is 0.784. The van der Waals surface area contributed by atoms with Crippen molar-refractivity contribution in [2.45, 2.75) is 39.8 Å². The monoisotopic (exact) mass is 254 g/mol. The lowest BCUT2D eigenvalue weighted by molar-refractivity contribution is -0.155. The number of aromatic nitrogens is 3. The zero-order valence-corrected chi connectivity index (χ0v) is 11.1. The van der Waals surface area contributed by atoms with Gasteiger partial charge in [0.25, 0.3) is 5.91 Å². The van der Waals surface area contributed by atoms with Crippen LogP contribution in [0.1, 0.15) is 38.2 Å². The fourth-order valence-electron chi connectivity index (χ4n) is 1.24. The Hall–Kier alpha value is -1.92. The van der Waals surface area contributed by atoms with E-state index in [0.717, 1.165) is 0 Å². The Bertz CT molecular complexity index is 434. The molecule has 0 radical (unpaired) electrons. The van der Waals surface area contributed by atoms with Crippen LogP contribution in [-0.4, -0.2) is 39.0 Å². The van der Waals surface area contributed by atoms with Crippen molar-refractivity contribution in [2.24, 2.45) is 0 Å². The summed E-state index contributed by atoms with van der Waals surface area (Å²) in [5.74, 6) is -0.734. The van der Waals surface area contributed by atoms with Gasteiger partial charge in [0.15, 0.2) is 5.69 Å². The van der Waals surface area contributed by atoms with E-state index in [1.54, 1.807) is 20.8 Å². The Morgan fingerprint density at radius 3 is 2.67 bits per heavy atom. The van der Waals surface area contributed by atoms with E-state index in [4.69, 9.17) is 4.74 Å². The molecule has 0 unspecified atom stereocenters. The molecule has 0 aliphatic heterocycles. The Morgan fingerprint density at radius 2 is 2.11 bits per heavy atom. The Labute approximate surface area is 105 Å². The number of hydrogen-bond acceptors (Lipinski definition) is 5. The summed E-state index contributed by atoms with van der Waals surface area (Å²) in [4.78, 5) is 23.0. The summed E-state index contributed by atoms with van der Waals surface area (Å²) in [5, 5.41) is 9.97. The molecule has 7 nitrogen and oxygen atoms in total. The number of amides is 1. The Balaban J connectivity index is 2.59. The second kappa shape index (κ2) is 5.61. The number of ether oxygens (including phenoxy) is 1. The van der Waals surface area contributed by atoms with E-state index in [9.17, 15) is 9.59 Å². The standard InChI is InChI=1S/C11H18N4O3/c1-5-12-10(17)8-6-15(14-13-8)7-9(16)18-11(2,3)4/h6H,5,7H2,1-4H3,(H,12,17). The van der Waals surface area contributed by atoms with Gasteiger partial charge in [-0.2, -0.15) is 0 Å². The molecule has 1 rings (SSSR count). The molecule has 0 aromatic carbocycles. The van der Waals surface area contributed by atoms with Gasteiger partial charge in [-0.1, -0.05) is 5.21 Å². The van der Waals surface area contributed by atoms with Crippen LogP contribution in [0.15, 0.2) is 6.20 Å². The summed E-state index contributed by atoms with van der Waals surface area (Å²) < 4.78 is 6.41. The maximum Gasteiger partial charge on any atom is 0.328 e. The zero-order valence-electron chi connectivity index (χ0n) is 11.1. The number of rotatable bonds is 4. The molecule has 0 atom stereocenters. The molecule has 1 amide bonds. The molecule has 0 saturated heterocycles. The summed E-state index contributed by atoms with van der Waals surface area (Å²) in [6.07, 6.45) is 1.41. The van der Waals surface area contributed by atoms with E-state index in [-0.39, 0.29) is 18.1 Å². The number of nitrogens with zero attached hydrogens (tertiary/aromatic N) is 3. The van der Waals surface area contributed by atoms with E-state index in [1.165, 1.54) is 10.9 Å². The van der Waals surface area contributed by atoms with Gasteiger partial charge in [0.1, 0.15) is 12.1 Å². The van der Waals surface area contributed by atoms with Gasteiger partial charge in [-0.15, -0.1) is 5.10 Å². The molecule has 0 fully saturated rings. The summed E-state index contributed by atoms with van der Waals surface area (Å²) in [7, 11) is 0. The molecular formula is C11H18N4O3. The highest BCUT2D eigenvalue weighted by Crippen LogP contribution is 2.07. The summed E-state index contributed by atoms with van der Waals surface area (Å²) in [5.41, 5.74) is -0.361. The predicted molar refractivity (Wildman–Crippen MR) is 63.9 cm³/mol. The van der Waals surface area contributed by atoms with Crippen LogP contribution in [0, 0.1) is 0 Å². The highest BCUT2D eigenvalue weighted by molar-refractivity contribution is 5.91. The van der Waals surface area contributed by atoms with Crippen molar-refractivity contribution in [3.05, 3.63) is 11.9 Å². The van der Waals surface area contributed by atoms with Crippen molar-refractivity contribution in [2.75, 3.05) is 6.54 Å². The van der Waals surface area contributed by atoms with Crippen molar-refractivity contribution >= 4 is 11.9 Å². The average Bonchev–Trinajstić information content (AvgIpc) is 2.63. The van der Waals surface area contributed by atoms with Gasteiger partial charge in [-0.3, -0.25) is 9.59 Å². The number of hydrogen-bond donors (Lipinski definition) is 1. The molecule has 1 aromatic heterocycles. The Morgan fingerprint density at radius 1 is 1.44 bits per heavy atom. The number of carbonyl (C=O) groups is 2. The molecule has 1 aromatic rings. The van der Waals surface area contributed by atoms with Crippen molar-refractivity contribution < 1.29 is 14.3 Å². The number of esters is 1. The van der Waals surface area contributed by atoms with Gasteiger partial charge >= 0.3 is 5.97 Å². The minimum Gasteiger partial charge on any atom is -0.459 e. The van der Waals surface area contributed by atoms with Crippen molar-refractivity contribution in [3.8, 4) is 0 Å². The first kappa shape index (κ1) is 14.1. The maximum absolute atomic E-state index is 11.5. The molecule has 0 aliphatic carbocycles. The molecule has 1 N–H and O–H groups in total. The third kappa shape index (κ3) is 4.52. The number of nitrogens with one attached hydrogen (secondary N) is 1. The SMILES string of the molecule is CCNC(=O)c1cn(CC(=O)OC(C)(C)C)nn1. The van der Waals surface area contributed by atoms with E-state index in [2.05, 4.69) is 15.6 Å². The van der Waals surface area contributed by atoms with Crippen LogP contribution in [0.5, 0.6) is 0 Å². The fourth-order valence-corrected chi connectivity index (χ4v) is 1.24. The second-order valence-corrected chi connectivity index (χ2v) is 4.75. The molecular weight excluding hydrogens is 236 g/mol. The average molecular weight is 254 g/mol. The minimum atomic E-state index is -0.542. The molecule has 100 valence electrons. The normalized spacial score (nSPS) is 11.1. The number of carbonyl (C=O) groups excluding carboxylic acids is 2. The van der Waals surface area contributed by atoms with E-state index in [1.807, 2.05) is 6.92 Å².